The number of nitrogens with zero attached hydrogens (tertiary/aromatic N) is 1. The molecule has 0 fully saturated rings. The minimum absolute atomic E-state index is 0.197. The van der Waals surface area contributed by atoms with Crippen molar-refractivity contribution in [3.8, 4) is 5.75 Å². The molecule has 6 nitrogen and oxygen atoms in total. The smallest absolute Gasteiger partial charge is 0.251 e. The molecule has 0 spiro atoms. The fourth-order valence-corrected chi connectivity index (χ4v) is 4.65. The number of carbonyl (C=O) groups is 1. The highest BCUT2D eigenvalue weighted by atomic mass is 16.5. The Balaban J connectivity index is 1.49. The van der Waals surface area contributed by atoms with Crippen molar-refractivity contribution in [3.05, 3.63) is 94.8 Å². The van der Waals surface area contributed by atoms with Gasteiger partial charge in [-0.3, -0.25) is 9.78 Å². The second-order valence-electron chi connectivity index (χ2n) is 10.2. The average molecular weight is 502 g/mol. The van der Waals surface area contributed by atoms with Crippen LogP contribution in [0.4, 0.5) is 0 Å². The SMILES string of the molecule is CC(C)c1cccc(CNC[C@@H](O)[C@@H]2Cc3cccc(c3)OCCCCCc3cc(ccn3)C(=O)N2)c1. The van der Waals surface area contributed by atoms with E-state index < -0.39 is 12.1 Å². The van der Waals surface area contributed by atoms with Gasteiger partial charge in [0.25, 0.3) is 5.91 Å². The van der Waals surface area contributed by atoms with E-state index >= 15 is 0 Å². The lowest BCUT2D eigenvalue weighted by Gasteiger charge is -2.25. The molecule has 4 bridgehead atoms. The number of carbonyl (C=O) groups excluding carboxylic acids is 1. The van der Waals surface area contributed by atoms with E-state index in [4.69, 9.17) is 4.74 Å². The van der Waals surface area contributed by atoms with E-state index in [9.17, 15) is 9.90 Å². The van der Waals surface area contributed by atoms with Crippen molar-refractivity contribution >= 4 is 5.91 Å². The number of aliphatic hydroxyl groups is 1. The average Bonchev–Trinajstić information content (AvgIpc) is 2.90. The van der Waals surface area contributed by atoms with Crippen LogP contribution < -0.4 is 15.4 Å². The summed E-state index contributed by atoms with van der Waals surface area (Å²) in [5.74, 6) is 1.09. The molecule has 6 heteroatoms. The van der Waals surface area contributed by atoms with Crippen LogP contribution >= 0.6 is 0 Å². The van der Waals surface area contributed by atoms with Crippen molar-refractivity contribution in [1.82, 2.24) is 15.6 Å². The number of aromatic nitrogens is 1. The van der Waals surface area contributed by atoms with Gasteiger partial charge in [-0.15, -0.1) is 0 Å². The van der Waals surface area contributed by atoms with E-state index in [1.54, 1.807) is 12.3 Å². The third-order valence-electron chi connectivity index (χ3n) is 6.86. The maximum absolute atomic E-state index is 13.2. The lowest BCUT2D eigenvalue weighted by atomic mass is 9.99. The first-order valence-electron chi connectivity index (χ1n) is 13.4. The molecule has 1 aliphatic heterocycles. The van der Waals surface area contributed by atoms with Crippen molar-refractivity contribution in [2.45, 2.75) is 70.6 Å². The topological polar surface area (TPSA) is 83.5 Å². The molecule has 2 heterocycles. The molecule has 0 unspecified atom stereocenters. The van der Waals surface area contributed by atoms with E-state index in [0.717, 1.165) is 42.7 Å². The molecule has 1 aliphatic rings. The molecule has 37 heavy (non-hydrogen) atoms. The fraction of sp³-hybridized carbons (Fsp3) is 0.419. The fourth-order valence-electron chi connectivity index (χ4n) is 4.65. The standard InChI is InChI=1S/C31H39N3O3/c1-22(2)25-10-6-9-24(16-25)20-32-21-30(35)29-18-23-8-7-12-28(17-23)37-15-5-3-4-11-27-19-26(13-14-33-27)31(36)34-29/h6-10,12-14,16-17,19,22,29-30,32,35H,3-5,11,15,18,20-21H2,1-2H3,(H,34,36)/t29-,30+/m0/s1. The van der Waals surface area contributed by atoms with Crippen molar-refractivity contribution in [3.63, 3.8) is 0 Å². The summed E-state index contributed by atoms with van der Waals surface area (Å²) in [4.78, 5) is 17.6. The van der Waals surface area contributed by atoms with Gasteiger partial charge in [0, 0.05) is 30.5 Å². The highest BCUT2D eigenvalue weighted by molar-refractivity contribution is 5.94. The number of aryl methyl sites for hydroxylation is 1. The summed E-state index contributed by atoms with van der Waals surface area (Å²) in [6.45, 7) is 6.04. The summed E-state index contributed by atoms with van der Waals surface area (Å²) in [7, 11) is 0. The van der Waals surface area contributed by atoms with Crippen LogP contribution in [0, 0.1) is 0 Å². The van der Waals surface area contributed by atoms with Crippen LogP contribution in [-0.2, 0) is 19.4 Å². The van der Waals surface area contributed by atoms with Crippen molar-refractivity contribution < 1.29 is 14.6 Å². The molecule has 0 saturated heterocycles. The predicted octanol–water partition coefficient (Wildman–Crippen LogP) is 4.80. The molecule has 3 N–H and O–H groups in total. The Kier molecular flexibility index (Phi) is 9.69. The Hall–Kier alpha value is -3.22. The summed E-state index contributed by atoms with van der Waals surface area (Å²) < 4.78 is 5.97. The molecule has 0 aliphatic carbocycles. The number of ether oxygens (including phenoxy) is 1. The normalized spacial score (nSPS) is 17.6. The number of hydrogen-bond acceptors (Lipinski definition) is 5. The maximum atomic E-state index is 13.2. The molecule has 0 saturated carbocycles. The van der Waals surface area contributed by atoms with Crippen LogP contribution in [0.1, 0.15) is 71.8 Å². The summed E-state index contributed by atoms with van der Waals surface area (Å²) in [5, 5.41) is 17.7. The van der Waals surface area contributed by atoms with Crippen LogP contribution in [-0.4, -0.2) is 41.3 Å². The molecular weight excluding hydrogens is 462 g/mol. The molecule has 0 radical (unpaired) electrons. The minimum Gasteiger partial charge on any atom is -0.494 e. The zero-order valence-corrected chi connectivity index (χ0v) is 22.0. The molecule has 2 aromatic carbocycles. The Labute approximate surface area is 220 Å². The van der Waals surface area contributed by atoms with Crippen molar-refractivity contribution in [1.29, 1.82) is 0 Å². The number of hydrogen-bond donors (Lipinski definition) is 3. The Bertz CT molecular complexity index is 1160. The monoisotopic (exact) mass is 501 g/mol. The Morgan fingerprint density at radius 1 is 1.08 bits per heavy atom. The van der Waals surface area contributed by atoms with Gasteiger partial charge in [-0.2, -0.15) is 0 Å². The van der Waals surface area contributed by atoms with Gasteiger partial charge in [0.1, 0.15) is 5.75 Å². The number of nitrogens with one attached hydrogen (secondary N) is 2. The van der Waals surface area contributed by atoms with Gasteiger partial charge in [-0.05, 0) is 79.0 Å². The molecule has 2 atom stereocenters. The zero-order chi connectivity index (χ0) is 26.0. The van der Waals surface area contributed by atoms with E-state index in [1.807, 2.05) is 30.3 Å². The third kappa shape index (κ3) is 8.14. The van der Waals surface area contributed by atoms with Crippen LogP contribution in [0.2, 0.25) is 0 Å². The van der Waals surface area contributed by atoms with Gasteiger partial charge in [-0.25, -0.2) is 0 Å². The Morgan fingerprint density at radius 3 is 2.81 bits per heavy atom. The lowest BCUT2D eigenvalue weighted by molar-refractivity contribution is 0.0829. The van der Waals surface area contributed by atoms with Gasteiger partial charge in [0.2, 0.25) is 0 Å². The quantitative estimate of drug-likeness (QED) is 0.452. The summed E-state index contributed by atoms with van der Waals surface area (Å²) in [6.07, 6.45) is 5.24. The van der Waals surface area contributed by atoms with Crippen LogP contribution in [0.3, 0.4) is 0 Å². The highest BCUT2D eigenvalue weighted by Gasteiger charge is 2.23. The van der Waals surface area contributed by atoms with Crippen LogP contribution in [0.5, 0.6) is 5.75 Å². The first-order chi connectivity index (χ1) is 18.0. The maximum Gasteiger partial charge on any atom is 0.251 e. The van der Waals surface area contributed by atoms with Gasteiger partial charge < -0.3 is 20.5 Å². The highest BCUT2D eigenvalue weighted by Crippen LogP contribution is 2.18. The first kappa shape index (κ1) is 26.8. The summed E-state index contributed by atoms with van der Waals surface area (Å²) in [6, 6.07) is 19.6. The predicted molar refractivity (Wildman–Crippen MR) is 147 cm³/mol. The van der Waals surface area contributed by atoms with E-state index in [0.29, 0.717) is 37.6 Å². The minimum atomic E-state index is -0.776. The number of aliphatic hydroxyl groups excluding tert-OH is 1. The lowest BCUT2D eigenvalue weighted by Crippen LogP contribution is -2.48. The second kappa shape index (κ2) is 13.4. The largest absolute Gasteiger partial charge is 0.494 e. The van der Waals surface area contributed by atoms with Crippen LogP contribution in [0.15, 0.2) is 66.9 Å². The molecule has 1 aromatic heterocycles. The first-order valence-corrected chi connectivity index (χ1v) is 13.4. The molecule has 3 aromatic rings. The molecular formula is C31H39N3O3. The van der Waals surface area contributed by atoms with Crippen molar-refractivity contribution in [2.75, 3.05) is 13.2 Å². The number of benzene rings is 2. The zero-order valence-electron chi connectivity index (χ0n) is 22.0. The summed E-state index contributed by atoms with van der Waals surface area (Å²) >= 11 is 0. The van der Waals surface area contributed by atoms with Crippen LogP contribution in [0.25, 0.3) is 0 Å². The van der Waals surface area contributed by atoms with Gasteiger partial charge >= 0.3 is 0 Å². The van der Waals surface area contributed by atoms with Gasteiger partial charge in [-0.1, -0.05) is 50.2 Å². The Morgan fingerprint density at radius 2 is 1.95 bits per heavy atom. The van der Waals surface area contributed by atoms with E-state index in [2.05, 4.69) is 53.7 Å². The van der Waals surface area contributed by atoms with E-state index in [-0.39, 0.29) is 5.91 Å². The second-order valence-corrected chi connectivity index (χ2v) is 10.2. The van der Waals surface area contributed by atoms with Gasteiger partial charge in [0.15, 0.2) is 0 Å². The number of amides is 1. The van der Waals surface area contributed by atoms with E-state index in [1.165, 1.54) is 11.1 Å². The third-order valence-corrected chi connectivity index (χ3v) is 6.86. The molecule has 1 amide bonds. The van der Waals surface area contributed by atoms with Gasteiger partial charge in [0.05, 0.1) is 18.8 Å². The molecule has 4 rings (SSSR count). The number of pyridine rings is 1. The van der Waals surface area contributed by atoms with Crippen molar-refractivity contribution in [2.24, 2.45) is 0 Å². The summed E-state index contributed by atoms with van der Waals surface area (Å²) in [5.41, 5.74) is 4.96. The molecule has 196 valence electrons. The number of rotatable bonds is 6. The number of fused-ring (bicyclic) bond motifs is 4.